The zero-order chi connectivity index (χ0) is 20.1. The van der Waals surface area contributed by atoms with E-state index in [1.54, 1.807) is 25.6 Å². The van der Waals surface area contributed by atoms with E-state index < -0.39 is 24.5 Å². The van der Waals surface area contributed by atoms with Crippen molar-refractivity contribution in [2.45, 2.75) is 34.1 Å². The minimum atomic E-state index is -0.627. The van der Waals surface area contributed by atoms with Crippen LogP contribution in [0.5, 0.6) is 0 Å². The number of thiophene rings is 1. The van der Waals surface area contributed by atoms with Gasteiger partial charge in [0.15, 0.2) is 6.61 Å². The summed E-state index contributed by atoms with van der Waals surface area (Å²) in [6.07, 6.45) is 2.03. The zero-order valence-corrected chi connectivity index (χ0v) is 16.9. The molecule has 2 aromatic heterocycles. The number of rotatable bonds is 7. The molecule has 1 amide bonds. The largest absolute Gasteiger partial charge is 0.462 e. The third kappa shape index (κ3) is 4.54. The van der Waals surface area contributed by atoms with E-state index in [-0.39, 0.29) is 6.61 Å². The number of hydrogen-bond acceptors (Lipinski definition) is 7. The maximum absolute atomic E-state index is 12.3. The average Bonchev–Trinajstić information content (AvgIpc) is 3.12. The Kier molecular flexibility index (Phi) is 6.73. The SMILES string of the molecule is CCOC(=O)c1c(NC(=O)COC(=O)c2cnn(C)c2C)sc(C)c1CC. The number of ether oxygens (including phenoxy) is 2. The van der Waals surface area contributed by atoms with Crippen LogP contribution >= 0.6 is 11.3 Å². The van der Waals surface area contributed by atoms with Crippen LogP contribution in [-0.4, -0.2) is 40.8 Å². The molecule has 1 N–H and O–H groups in total. The van der Waals surface area contributed by atoms with E-state index in [4.69, 9.17) is 9.47 Å². The molecule has 0 aromatic carbocycles. The lowest BCUT2D eigenvalue weighted by Crippen LogP contribution is -2.22. The van der Waals surface area contributed by atoms with Crippen molar-refractivity contribution in [1.82, 2.24) is 9.78 Å². The minimum Gasteiger partial charge on any atom is -0.462 e. The van der Waals surface area contributed by atoms with Crippen LogP contribution in [0.2, 0.25) is 0 Å². The fraction of sp³-hybridized carbons (Fsp3) is 0.444. The summed E-state index contributed by atoms with van der Waals surface area (Å²) in [5, 5.41) is 7.02. The molecule has 0 aliphatic heterocycles. The number of nitrogens with zero attached hydrogens (tertiary/aromatic N) is 2. The van der Waals surface area contributed by atoms with E-state index in [1.165, 1.54) is 17.5 Å². The first-order valence-electron chi connectivity index (χ1n) is 8.55. The first kappa shape index (κ1) is 20.6. The predicted octanol–water partition coefficient (Wildman–Crippen LogP) is 2.63. The van der Waals surface area contributed by atoms with Crippen molar-refractivity contribution in [3.05, 3.63) is 33.5 Å². The lowest BCUT2D eigenvalue weighted by Gasteiger charge is -2.08. The highest BCUT2D eigenvalue weighted by Gasteiger charge is 2.24. The monoisotopic (exact) mass is 393 g/mol. The summed E-state index contributed by atoms with van der Waals surface area (Å²) < 4.78 is 11.7. The molecule has 0 saturated heterocycles. The summed E-state index contributed by atoms with van der Waals surface area (Å²) >= 11 is 1.30. The Hall–Kier alpha value is -2.68. The Labute approximate surface area is 161 Å². The van der Waals surface area contributed by atoms with Crippen molar-refractivity contribution in [3.8, 4) is 0 Å². The van der Waals surface area contributed by atoms with E-state index in [0.29, 0.717) is 28.2 Å². The number of nitrogens with one attached hydrogen (secondary N) is 1. The number of esters is 2. The van der Waals surface area contributed by atoms with Crippen LogP contribution in [0.15, 0.2) is 6.20 Å². The average molecular weight is 393 g/mol. The molecular formula is C18H23N3O5S. The first-order valence-corrected chi connectivity index (χ1v) is 9.36. The number of amides is 1. The van der Waals surface area contributed by atoms with Gasteiger partial charge in [-0.05, 0) is 32.8 Å². The number of carbonyl (C=O) groups excluding carboxylic acids is 3. The molecule has 0 aliphatic rings. The second kappa shape index (κ2) is 8.81. The maximum atomic E-state index is 12.3. The van der Waals surface area contributed by atoms with Gasteiger partial charge in [-0.3, -0.25) is 9.48 Å². The second-order valence-electron chi connectivity index (χ2n) is 5.81. The molecule has 2 rings (SSSR count). The smallest absolute Gasteiger partial charge is 0.342 e. The van der Waals surface area contributed by atoms with E-state index in [9.17, 15) is 14.4 Å². The van der Waals surface area contributed by atoms with Gasteiger partial charge in [-0.2, -0.15) is 5.10 Å². The van der Waals surface area contributed by atoms with E-state index in [0.717, 1.165) is 10.4 Å². The molecule has 0 bridgehead atoms. The molecule has 27 heavy (non-hydrogen) atoms. The standard InChI is InChI=1S/C18H23N3O5S/c1-6-12-11(4)27-16(15(12)18(24)25-7-2)20-14(22)9-26-17(23)13-8-19-21(5)10(13)3/h8H,6-7,9H2,1-5H3,(H,20,22). The summed E-state index contributed by atoms with van der Waals surface area (Å²) in [4.78, 5) is 37.5. The highest BCUT2D eigenvalue weighted by Crippen LogP contribution is 2.34. The van der Waals surface area contributed by atoms with Gasteiger partial charge in [0.25, 0.3) is 5.91 Å². The van der Waals surface area contributed by atoms with Crippen molar-refractivity contribution in [1.29, 1.82) is 0 Å². The number of aromatic nitrogens is 2. The molecule has 2 heterocycles. The van der Waals surface area contributed by atoms with Gasteiger partial charge in [-0.15, -0.1) is 11.3 Å². The molecular weight excluding hydrogens is 370 g/mol. The van der Waals surface area contributed by atoms with Gasteiger partial charge in [-0.25, -0.2) is 9.59 Å². The van der Waals surface area contributed by atoms with E-state index in [2.05, 4.69) is 10.4 Å². The van der Waals surface area contributed by atoms with Gasteiger partial charge in [0.05, 0.1) is 18.4 Å². The summed E-state index contributed by atoms with van der Waals surface area (Å²) in [6.45, 7) is 7.05. The Morgan fingerprint density at radius 2 is 1.89 bits per heavy atom. The van der Waals surface area contributed by atoms with Crippen LogP contribution in [0.25, 0.3) is 0 Å². The molecule has 0 aliphatic carbocycles. The first-order chi connectivity index (χ1) is 12.8. The molecule has 0 spiro atoms. The lowest BCUT2D eigenvalue weighted by molar-refractivity contribution is -0.119. The van der Waals surface area contributed by atoms with Crippen molar-refractivity contribution >= 4 is 34.2 Å². The third-order valence-electron chi connectivity index (χ3n) is 4.08. The highest BCUT2D eigenvalue weighted by atomic mass is 32.1. The van der Waals surface area contributed by atoms with Crippen LogP contribution in [0.1, 0.15) is 50.7 Å². The van der Waals surface area contributed by atoms with Crippen molar-refractivity contribution in [3.63, 3.8) is 0 Å². The molecule has 0 atom stereocenters. The van der Waals surface area contributed by atoms with Crippen LogP contribution in [0.4, 0.5) is 5.00 Å². The quantitative estimate of drug-likeness (QED) is 0.726. The van der Waals surface area contributed by atoms with E-state index in [1.807, 2.05) is 13.8 Å². The third-order valence-corrected chi connectivity index (χ3v) is 5.15. The summed E-state index contributed by atoms with van der Waals surface area (Å²) in [5.41, 5.74) is 2.16. The van der Waals surface area contributed by atoms with Crippen LogP contribution < -0.4 is 5.32 Å². The second-order valence-corrected chi connectivity index (χ2v) is 7.03. The van der Waals surface area contributed by atoms with Gasteiger partial charge in [-0.1, -0.05) is 6.92 Å². The molecule has 2 aromatic rings. The number of carbonyl (C=O) groups is 3. The topological polar surface area (TPSA) is 99.5 Å². The van der Waals surface area contributed by atoms with Gasteiger partial charge in [0, 0.05) is 17.6 Å². The predicted molar refractivity (Wildman–Crippen MR) is 101 cm³/mol. The Bertz CT molecular complexity index is 869. The Morgan fingerprint density at radius 1 is 1.19 bits per heavy atom. The number of hydrogen-bond donors (Lipinski definition) is 1. The molecule has 146 valence electrons. The van der Waals surface area contributed by atoms with Crippen molar-refractivity contribution in [2.75, 3.05) is 18.5 Å². The number of anilines is 1. The molecule has 0 radical (unpaired) electrons. The van der Waals surface area contributed by atoms with Crippen LogP contribution in [0.3, 0.4) is 0 Å². The zero-order valence-electron chi connectivity index (χ0n) is 16.0. The number of aryl methyl sites for hydroxylation is 2. The van der Waals surface area contributed by atoms with Crippen LogP contribution in [0, 0.1) is 13.8 Å². The van der Waals surface area contributed by atoms with Gasteiger partial charge in [0.1, 0.15) is 10.6 Å². The van der Waals surface area contributed by atoms with Crippen LogP contribution in [-0.2, 0) is 27.7 Å². The van der Waals surface area contributed by atoms with Crippen molar-refractivity contribution < 1.29 is 23.9 Å². The molecule has 0 saturated carbocycles. The molecule has 0 unspecified atom stereocenters. The summed E-state index contributed by atoms with van der Waals surface area (Å²) in [7, 11) is 1.71. The Morgan fingerprint density at radius 3 is 2.44 bits per heavy atom. The normalized spacial score (nSPS) is 10.6. The van der Waals surface area contributed by atoms with Gasteiger partial charge >= 0.3 is 11.9 Å². The highest BCUT2D eigenvalue weighted by molar-refractivity contribution is 7.16. The fourth-order valence-electron chi connectivity index (χ4n) is 2.58. The van der Waals surface area contributed by atoms with E-state index >= 15 is 0 Å². The molecule has 9 heteroatoms. The summed E-state index contributed by atoms with van der Waals surface area (Å²) in [5.74, 6) is -1.63. The minimum absolute atomic E-state index is 0.242. The molecule has 8 nitrogen and oxygen atoms in total. The Balaban J connectivity index is 2.08. The van der Waals surface area contributed by atoms with Gasteiger partial charge in [0.2, 0.25) is 0 Å². The van der Waals surface area contributed by atoms with Gasteiger partial charge < -0.3 is 14.8 Å². The maximum Gasteiger partial charge on any atom is 0.342 e. The van der Waals surface area contributed by atoms with Crippen molar-refractivity contribution in [2.24, 2.45) is 7.05 Å². The lowest BCUT2D eigenvalue weighted by atomic mass is 10.1. The molecule has 0 fully saturated rings. The fourth-order valence-corrected chi connectivity index (χ4v) is 3.73. The summed E-state index contributed by atoms with van der Waals surface area (Å²) in [6, 6.07) is 0.